The number of benzene rings is 1. The maximum Gasteiger partial charge on any atom is 0.308 e. The molecule has 1 amide bonds. The molecule has 1 atom stereocenters. The van der Waals surface area contributed by atoms with E-state index in [4.69, 9.17) is 21.4 Å². The van der Waals surface area contributed by atoms with Crippen molar-refractivity contribution >= 4 is 23.5 Å². The third-order valence-electron chi connectivity index (χ3n) is 3.08. The van der Waals surface area contributed by atoms with Crippen LogP contribution in [-0.4, -0.2) is 41.6 Å². The molecule has 1 heterocycles. The van der Waals surface area contributed by atoms with Crippen LogP contribution < -0.4 is 4.74 Å². The minimum absolute atomic E-state index is 0.129. The van der Waals surface area contributed by atoms with Crippen molar-refractivity contribution in [1.82, 2.24) is 4.90 Å². The summed E-state index contributed by atoms with van der Waals surface area (Å²) in [6.07, 6.45) is 0.493. The summed E-state index contributed by atoms with van der Waals surface area (Å²) in [4.78, 5) is 24.2. The number of carboxylic acid groups (broad SMARTS) is 1. The van der Waals surface area contributed by atoms with Crippen LogP contribution in [0, 0.1) is 5.92 Å². The van der Waals surface area contributed by atoms with Gasteiger partial charge in [0.2, 0.25) is 0 Å². The normalized spacial score (nSPS) is 18.4. The first-order valence-corrected chi connectivity index (χ1v) is 6.33. The number of halogens is 1. The Morgan fingerprint density at radius 3 is 2.79 bits per heavy atom. The van der Waals surface area contributed by atoms with Crippen molar-refractivity contribution in [3.63, 3.8) is 0 Å². The van der Waals surface area contributed by atoms with Crippen LogP contribution in [0.25, 0.3) is 0 Å². The van der Waals surface area contributed by atoms with E-state index in [1.165, 1.54) is 4.90 Å². The predicted octanol–water partition coefficient (Wildman–Crippen LogP) is 1.65. The number of hydrogen-bond donors (Lipinski definition) is 1. The van der Waals surface area contributed by atoms with E-state index in [0.717, 1.165) is 0 Å². The van der Waals surface area contributed by atoms with Gasteiger partial charge in [-0.05, 0) is 18.6 Å². The summed E-state index contributed by atoms with van der Waals surface area (Å²) >= 11 is 5.90. The molecular weight excluding hydrogens is 270 g/mol. The molecule has 1 N–H and O–H groups in total. The number of rotatable bonds is 4. The quantitative estimate of drug-likeness (QED) is 0.912. The Labute approximate surface area is 115 Å². The molecule has 0 spiro atoms. The van der Waals surface area contributed by atoms with Gasteiger partial charge in [0.15, 0.2) is 6.61 Å². The fourth-order valence-corrected chi connectivity index (χ4v) is 2.17. The lowest BCUT2D eigenvalue weighted by molar-refractivity contribution is -0.141. The van der Waals surface area contributed by atoms with Gasteiger partial charge in [-0.15, -0.1) is 0 Å². The van der Waals surface area contributed by atoms with Gasteiger partial charge in [0.25, 0.3) is 5.91 Å². The van der Waals surface area contributed by atoms with E-state index in [-0.39, 0.29) is 19.1 Å². The van der Waals surface area contributed by atoms with Crippen LogP contribution in [-0.2, 0) is 9.59 Å². The molecule has 0 radical (unpaired) electrons. The average molecular weight is 284 g/mol. The van der Waals surface area contributed by atoms with E-state index in [9.17, 15) is 9.59 Å². The molecule has 1 aromatic rings. The molecule has 1 saturated heterocycles. The summed E-state index contributed by atoms with van der Waals surface area (Å²) in [6, 6.07) is 6.90. The second-order valence-corrected chi connectivity index (χ2v) is 4.79. The number of amides is 1. The van der Waals surface area contributed by atoms with Gasteiger partial charge in [-0.3, -0.25) is 9.59 Å². The first-order chi connectivity index (χ1) is 9.08. The van der Waals surface area contributed by atoms with Crippen molar-refractivity contribution in [3.8, 4) is 5.75 Å². The number of hydrogen-bond acceptors (Lipinski definition) is 3. The first-order valence-electron chi connectivity index (χ1n) is 5.96. The molecule has 6 heteroatoms. The maximum absolute atomic E-state index is 11.9. The molecule has 0 bridgehead atoms. The minimum Gasteiger partial charge on any atom is -0.482 e. The standard InChI is InChI=1S/C13H14ClNO4/c14-10-3-1-2-4-11(10)19-8-12(16)15-6-5-9(7-15)13(17)18/h1-4,9H,5-8H2,(H,17,18)/t9-/m1/s1. The van der Waals surface area contributed by atoms with Gasteiger partial charge >= 0.3 is 5.97 Å². The molecule has 0 unspecified atom stereocenters. The molecule has 19 heavy (non-hydrogen) atoms. The Bertz CT molecular complexity index is 491. The Morgan fingerprint density at radius 1 is 1.42 bits per heavy atom. The summed E-state index contributed by atoms with van der Waals surface area (Å²) in [6.45, 7) is 0.581. The molecule has 5 nitrogen and oxygen atoms in total. The number of ether oxygens (including phenoxy) is 1. The van der Waals surface area contributed by atoms with Crippen LogP contribution in [0.2, 0.25) is 5.02 Å². The number of para-hydroxylation sites is 1. The van der Waals surface area contributed by atoms with Gasteiger partial charge in [0.1, 0.15) is 5.75 Å². The highest BCUT2D eigenvalue weighted by molar-refractivity contribution is 6.32. The van der Waals surface area contributed by atoms with Crippen LogP contribution in [0.3, 0.4) is 0 Å². The smallest absolute Gasteiger partial charge is 0.308 e. The number of carboxylic acids is 1. The number of nitrogens with zero attached hydrogens (tertiary/aromatic N) is 1. The monoisotopic (exact) mass is 283 g/mol. The van der Waals surface area contributed by atoms with Crippen LogP contribution in [0.1, 0.15) is 6.42 Å². The Hall–Kier alpha value is -1.75. The van der Waals surface area contributed by atoms with Crippen LogP contribution in [0.4, 0.5) is 0 Å². The number of carbonyl (C=O) groups is 2. The van der Waals surface area contributed by atoms with Crippen molar-refractivity contribution < 1.29 is 19.4 Å². The second kappa shape index (κ2) is 5.93. The average Bonchev–Trinajstić information content (AvgIpc) is 2.87. The Kier molecular flexibility index (Phi) is 4.27. The van der Waals surface area contributed by atoms with E-state index in [2.05, 4.69) is 0 Å². The third-order valence-corrected chi connectivity index (χ3v) is 3.39. The summed E-state index contributed by atoms with van der Waals surface area (Å²) in [5.41, 5.74) is 0. The lowest BCUT2D eigenvalue weighted by Gasteiger charge is -2.16. The highest BCUT2D eigenvalue weighted by atomic mass is 35.5. The van der Waals surface area contributed by atoms with Crippen molar-refractivity contribution in [2.24, 2.45) is 5.92 Å². The lowest BCUT2D eigenvalue weighted by Crippen LogP contribution is -2.33. The van der Waals surface area contributed by atoms with Crippen molar-refractivity contribution in [2.45, 2.75) is 6.42 Å². The summed E-state index contributed by atoms with van der Waals surface area (Å²) in [5, 5.41) is 9.32. The SMILES string of the molecule is O=C(O)[C@@H]1CCN(C(=O)COc2ccccc2Cl)C1. The predicted molar refractivity (Wildman–Crippen MR) is 69.3 cm³/mol. The minimum atomic E-state index is -0.859. The molecule has 0 aromatic heterocycles. The summed E-state index contributed by atoms with van der Waals surface area (Å²) in [7, 11) is 0. The molecular formula is C13H14ClNO4. The van der Waals surface area contributed by atoms with Crippen molar-refractivity contribution in [3.05, 3.63) is 29.3 Å². The highest BCUT2D eigenvalue weighted by Gasteiger charge is 2.30. The van der Waals surface area contributed by atoms with E-state index >= 15 is 0 Å². The molecule has 1 aliphatic rings. The number of aliphatic carboxylic acids is 1. The van der Waals surface area contributed by atoms with E-state index in [1.807, 2.05) is 0 Å². The van der Waals surface area contributed by atoms with Gasteiger partial charge in [0, 0.05) is 13.1 Å². The summed E-state index contributed by atoms with van der Waals surface area (Å²) in [5.74, 6) is -1.10. The zero-order valence-electron chi connectivity index (χ0n) is 10.2. The Balaban J connectivity index is 1.86. The summed E-state index contributed by atoms with van der Waals surface area (Å²) < 4.78 is 5.34. The number of likely N-dealkylation sites (tertiary alicyclic amines) is 1. The zero-order valence-corrected chi connectivity index (χ0v) is 11.0. The fourth-order valence-electron chi connectivity index (χ4n) is 1.98. The topological polar surface area (TPSA) is 66.8 Å². The molecule has 0 aliphatic carbocycles. The largest absolute Gasteiger partial charge is 0.482 e. The van der Waals surface area contributed by atoms with Crippen LogP contribution >= 0.6 is 11.6 Å². The second-order valence-electron chi connectivity index (χ2n) is 4.38. The number of carbonyl (C=O) groups excluding carboxylic acids is 1. The van der Waals surface area contributed by atoms with Gasteiger partial charge in [0.05, 0.1) is 10.9 Å². The van der Waals surface area contributed by atoms with Crippen LogP contribution in [0.5, 0.6) is 5.75 Å². The third kappa shape index (κ3) is 3.38. The molecule has 102 valence electrons. The van der Waals surface area contributed by atoms with Crippen molar-refractivity contribution in [2.75, 3.05) is 19.7 Å². The van der Waals surface area contributed by atoms with Crippen molar-refractivity contribution in [1.29, 1.82) is 0 Å². The zero-order chi connectivity index (χ0) is 13.8. The first kappa shape index (κ1) is 13.7. The highest BCUT2D eigenvalue weighted by Crippen LogP contribution is 2.23. The molecule has 2 rings (SSSR count). The fraction of sp³-hybridized carbons (Fsp3) is 0.385. The van der Waals surface area contributed by atoms with Gasteiger partial charge in [-0.25, -0.2) is 0 Å². The molecule has 0 saturated carbocycles. The van der Waals surface area contributed by atoms with Crippen LogP contribution in [0.15, 0.2) is 24.3 Å². The molecule has 1 fully saturated rings. The van der Waals surface area contributed by atoms with Gasteiger partial charge < -0.3 is 14.7 Å². The van der Waals surface area contributed by atoms with Gasteiger partial charge in [-0.1, -0.05) is 23.7 Å². The van der Waals surface area contributed by atoms with E-state index in [1.54, 1.807) is 24.3 Å². The van der Waals surface area contributed by atoms with Gasteiger partial charge in [-0.2, -0.15) is 0 Å². The molecule has 1 aromatic carbocycles. The maximum atomic E-state index is 11.9. The Morgan fingerprint density at radius 2 is 2.16 bits per heavy atom. The lowest BCUT2D eigenvalue weighted by atomic mass is 10.1. The van der Waals surface area contributed by atoms with E-state index < -0.39 is 11.9 Å². The van der Waals surface area contributed by atoms with E-state index in [0.29, 0.717) is 23.7 Å². The molecule has 1 aliphatic heterocycles.